The number of unbranched alkanes of at least 4 members (excludes halogenated alkanes) is 1. The lowest BCUT2D eigenvalue weighted by molar-refractivity contribution is -0.137. The van der Waals surface area contributed by atoms with Crippen molar-refractivity contribution in [1.29, 1.82) is 0 Å². The quantitative estimate of drug-likeness (QED) is 0.666. The number of nitrogens with one attached hydrogen (secondary N) is 1. The summed E-state index contributed by atoms with van der Waals surface area (Å²) in [7, 11) is -3.61. The number of aryl methyl sites for hydroxylation is 2. The number of aromatic nitrogens is 2. The zero-order valence-electron chi connectivity index (χ0n) is 11.8. The van der Waals surface area contributed by atoms with Crippen LogP contribution in [0.1, 0.15) is 38.4 Å². The maximum absolute atomic E-state index is 12.0. The van der Waals surface area contributed by atoms with Crippen LogP contribution in [0.25, 0.3) is 0 Å². The second kappa shape index (κ2) is 7.39. The zero-order valence-corrected chi connectivity index (χ0v) is 12.6. The molecule has 0 aliphatic carbocycles. The van der Waals surface area contributed by atoms with Gasteiger partial charge in [0.2, 0.25) is 0 Å². The monoisotopic (exact) mass is 303 g/mol. The number of aliphatic carboxylic acids is 1. The minimum atomic E-state index is -3.61. The smallest absolute Gasteiger partial charge is 0.303 e. The van der Waals surface area contributed by atoms with Crippen molar-refractivity contribution < 1.29 is 18.3 Å². The van der Waals surface area contributed by atoms with E-state index in [1.165, 1.54) is 6.20 Å². The molecule has 2 N–H and O–H groups in total. The fourth-order valence-corrected chi connectivity index (χ4v) is 2.84. The number of carbonyl (C=O) groups is 1. The van der Waals surface area contributed by atoms with Crippen molar-refractivity contribution in [1.82, 2.24) is 14.3 Å². The molecule has 0 unspecified atom stereocenters. The molecule has 7 nitrogen and oxygen atoms in total. The number of sulfonamides is 1. The molecule has 20 heavy (non-hydrogen) atoms. The number of rotatable bonds is 9. The summed E-state index contributed by atoms with van der Waals surface area (Å²) in [6, 6.07) is 0. The van der Waals surface area contributed by atoms with Gasteiger partial charge < -0.3 is 9.67 Å². The lowest BCUT2D eigenvalue weighted by atomic mass is 10.2. The molecule has 0 radical (unpaired) electrons. The second-order valence-corrected chi connectivity index (χ2v) is 6.28. The normalized spacial score (nSPS) is 11.7. The standard InChI is InChI=1S/C12H21N3O4S/c1-3-8-15-9-11(14-10(15)2)20(18,19)13-7-5-4-6-12(16)17/h9,13H,3-8H2,1-2H3,(H,16,17). The predicted molar refractivity (Wildman–Crippen MR) is 73.9 cm³/mol. The van der Waals surface area contributed by atoms with E-state index in [1.54, 1.807) is 11.5 Å². The number of carboxylic acid groups (broad SMARTS) is 1. The Labute approximate surface area is 119 Å². The van der Waals surface area contributed by atoms with Crippen LogP contribution in [0.2, 0.25) is 0 Å². The molecule has 0 saturated carbocycles. The van der Waals surface area contributed by atoms with E-state index in [0.29, 0.717) is 18.7 Å². The van der Waals surface area contributed by atoms with E-state index in [0.717, 1.165) is 13.0 Å². The molecule has 1 aromatic heterocycles. The third-order valence-electron chi connectivity index (χ3n) is 2.80. The van der Waals surface area contributed by atoms with Crippen LogP contribution in [0.3, 0.4) is 0 Å². The van der Waals surface area contributed by atoms with Crippen LogP contribution in [0.4, 0.5) is 0 Å². The highest BCUT2D eigenvalue weighted by molar-refractivity contribution is 7.89. The van der Waals surface area contributed by atoms with Crippen molar-refractivity contribution in [3.05, 3.63) is 12.0 Å². The molecule has 1 heterocycles. The van der Waals surface area contributed by atoms with Crippen molar-refractivity contribution in [3.8, 4) is 0 Å². The Morgan fingerprint density at radius 3 is 2.75 bits per heavy atom. The Hall–Kier alpha value is -1.41. The molecule has 0 spiro atoms. The van der Waals surface area contributed by atoms with E-state index in [1.807, 2.05) is 6.92 Å². The van der Waals surface area contributed by atoms with Crippen LogP contribution >= 0.6 is 0 Å². The van der Waals surface area contributed by atoms with Crippen LogP contribution in [-0.4, -0.2) is 35.6 Å². The first-order chi connectivity index (χ1) is 9.36. The van der Waals surface area contributed by atoms with Gasteiger partial charge in [0.15, 0.2) is 5.03 Å². The fraction of sp³-hybridized carbons (Fsp3) is 0.667. The molecule has 0 atom stereocenters. The van der Waals surface area contributed by atoms with Gasteiger partial charge in [-0.3, -0.25) is 4.79 Å². The Bertz CT molecular complexity index is 551. The van der Waals surface area contributed by atoms with Crippen molar-refractivity contribution in [2.24, 2.45) is 0 Å². The molecule has 0 aliphatic heterocycles. The summed E-state index contributed by atoms with van der Waals surface area (Å²) in [5.41, 5.74) is 0. The maximum atomic E-state index is 12.0. The number of nitrogens with zero attached hydrogens (tertiary/aromatic N) is 2. The minimum absolute atomic E-state index is 0.0154. The van der Waals surface area contributed by atoms with Gasteiger partial charge in [-0.05, 0) is 26.2 Å². The lowest BCUT2D eigenvalue weighted by Gasteiger charge is -2.03. The molecular weight excluding hydrogens is 282 g/mol. The van der Waals surface area contributed by atoms with Gasteiger partial charge >= 0.3 is 5.97 Å². The van der Waals surface area contributed by atoms with E-state index < -0.39 is 16.0 Å². The summed E-state index contributed by atoms with van der Waals surface area (Å²) in [6.45, 7) is 4.72. The first-order valence-electron chi connectivity index (χ1n) is 6.62. The van der Waals surface area contributed by atoms with Crippen molar-refractivity contribution >= 4 is 16.0 Å². The summed E-state index contributed by atoms with van der Waals surface area (Å²) in [6.07, 6.45) is 3.41. The Morgan fingerprint density at radius 2 is 2.15 bits per heavy atom. The Kier molecular flexibility index (Phi) is 6.15. The molecule has 1 rings (SSSR count). The molecule has 114 valence electrons. The summed E-state index contributed by atoms with van der Waals surface area (Å²) < 4.78 is 28.2. The number of hydrogen-bond acceptors (Lipinski definition) is 4. The second-order valence-electron chi connectivity index (χ2n) is 4.57. The van der Waals surface area contributed by atoms with Crippen molar-refractivity contribution in [3.63, 3.8) is 0 Å². The van der Waals surface area contributed by atoms with E-state index >= 15 is 0 Å². The fourth-order valence-electron chi connectivity index (χ4n) is 1.76. The Morgan fingerprint density at radius 1 is 1.45 bits per heavy atom. The third-order valence-corrected chi connectivity index (χ3v) is 4.13. The van der Waals surface area contributed by atoms with Crippen LogP contribution in [-0.2, 0) is 21.4 Å². The lowest BCUT2D eigenvalue weighted by Crippen LogP contribution is -2.25. The molecule has 0 saturated heterocycles. The van der Waals surface area contributed by atoms with E-state index in [4.69, 9.17) is 5.11 Å². The van der Waals surface area contributed by atoms with Gasteiger partial charge in [0, 0.05) is 25.7 Å². The summed E-state index contributed by atoms with van der Waals surface area (Å²) >= 11 is 0. The van der Waals surface area contributed by atoms with Crippen LogP contribution < -0.4 is 4.72 Å². The number of carboxylic acids is 1. The Balaban J connectivity index is 2.56. The highest BCUT2D eigenvalue weighted by atomic mass is 32.2. The molecule has 0 aliphatic rings. The molecular formula is C12H21N3O4S. The molecule has 0 bridgehead atoms. The van der Waals surface area contributed by atoms with Gasteiger partial charge in [-0.25, -0.2) is 18.1 Å². The highest BCUT2D eigenvalue weighted by Crippen LogP contribution is 2.09. The van der Waals surface area contributed by atoms with E-state index in [2.05, 4.69) is 9.71 Å². The van der Waals surface area contributed by atoms with Gasteiger partial charge in [0.25, 0.3) is 10.0 Å². The highest BCUT2D eigenvalue weighted by Gasteiger charge is 2.18. The zero-order chi connectivity index (χ0) is 15.2. The SMILES string of the molecule is CCCn1cc(S(=O)(=O)NCCCCC(=O)O)nc1C. The van der Waals surface area contributed by atoms with Crippen LogP contribution in [0, 0.1) is 6.92 Å². The van der Waals surface area contributed by atoms with Gasteiger partial charge in [-0.2, -0.15) is 0 Å². The molecule has 1 aromatic rings. The minimum Gasteiger partial charge on any atom is -0.481 e. The topological polar surface area (TPSA) is 101 Å². The molecule has 0 aromatic carbocycles. The molecule has 8 heteroatoms. The average molecular weight is 303 g/mol. The predicted octanol–water partition coefficient (Wildman–Crippen LogP) is 1.13. The molecule has 0 fully saturated rings. The first kappa shape index (κ1) is 16.6. The average Bonchev–Trinajstić information content (AvgIpc) is 2.71. The summed E-state index contributed by atoms with van der Waals surface area (Å²) in [5.74, 6) is -0.208. The number of imidazole rings is 1. The van der Waals surface area contributed by atoms with Gasteiger partial charge in [0.1, 0.15) is 5.82 Å². The third kappa shape index (κ3) is 4.93. The van der Waals surface area contributed by atoms with Gasteiger partial charge in [-0.1, -0.05) is 6.92 Å². The molecule has 0 amide bonds. The van der Waals surface area contributed by atoms with E-state index in [-0.39, 0.29) is 18.0 Å². The first-order valence-corrected chi connectivity index (χ1v) is 8.10. The van der Waals surface area contributed by atoms with Crippen molar-refractivity contribution in [2.45, 2.75) is 51.1 Å². The summed E-state index contributed by atoms with van der Waals surface area (Å²) in [4.78, 5) is 14.4. The van der Waals surface area contributed by atoms with Gasteiger partial charge in [-0.15, -0.1) is 0 Å². The van der Waals surface area contributed by atoms with Crippen LogP contribution in [0.5, 0.6) is 0 Å². The summed E-state index contributed by atoms with van der Waals surface area (Å²) in [5, 5.41) is 8.50. The largest absolute Gasteiger partial charge is 0.481 e. The number of hydrogen-bond donors (Lipinski definition) is 2. The van der Waals surface area contributed by atoms with Crippen LogP contribution in [0.15, 0.2) is 11.2 Å². The van der Waals surface area contributed by atoms with Crippen molar-refractivity contribution in [2.75, 3.05) is 6.54 Å². The van der Waals surface area contributed by atoms with Gasteiger partial charge in [0.05, 0.1) is 0 Å². The van der Waals surface area contributed by atoms with E-state index in [9.17, 15) is 13.2 Å². The maximum Gasteiger partial charge on any atom is 0.303 e.